The number of ether oxygens (including phenoxy) is 1. The number of halogens is 1. The number of nitriles is 2. The van der Waals surface area contributed by atoms with Gasteiger partial charge in [-0.15, -0.1) is 0 Å². The number of hydrogen-bond acceptors (Lipinski definition) is 5. The molecule has 0 bridgehead atoms. The Morgan fingerprint density at radius 2 is 1.43 bits per heavy atom. The molecule has 0 fully saturated rings. The third-order valence-corrected chi connectivity index (χ3v) is 6.66. The lowest BCUT2D eigenvalue weighted by Crippen LogP contribution is -2.01. The van der Waals surface area contributed by atoms with Gasteiger partial charge in [0.2, 0.25) is 0 Å². The fourth-order valence-corrected chi connectivity index (χ4v) is 4.52. The first-order valence-electron chi connectivity index (χ1n) is 11.4. The van der Waals surface area contributed by atoms with Crippen LogP contribution >= 0.6 is 15.9 Å². The Bertz CT molecular complexity index is 1680. The quantitative estimate of drug-likeness (QED) is 0.240. The SMILES string of the molecule is COc1ccc(-c2nn(-c3ccccc3)cc2-c2cc(-c3ccc(Br)cc3)c(C#N)c(N)c2C#N)cc1. The number of anilines is 1. The topological polar surface area (TPSA) is 101 Å². The number of para-hydroxylation sites is 1. The van der Waals surface area contributed by atoms with E-state index >= 15 is 0 Å². The second-order valence-corrected chi connectivity index (χ2v) is 9.18. The fraction of sp³-hybridized carbons (Fsp3) is 0.0333. The highest BCUT2D eigenvalue weighted by molar-refractivity contribution is 9.10. The number of rotatable bonds is 5. The van der Waals surface area contributed by atoms with E-state index in [1.54, 1.807) is 11.8 Å². The molecule has 37 heavy (non-hydrogen) atoms. The molecule has 0 aliphatic heterocycles. The third-order valence-electron chi connectivity index (χ3n) is 6.13. The summed E-state index contributed by atoms with van der Waals surface area (Å²) in [5, 5.41) is 25.0. The van der Waals surface area contributed by atoms with Gasteiger partial charge in [0.25, 0.3) is 0 Å². The van der Waals surface area contributed by atoms with Crippen LogP contribution in [0.2, 0.25) is 0 Å². The van der Waals surface area contributed by atoms with Crippen LogP contribution in [-0.4, -0.2) is 16.9 Å². The minimum atomic E-state index is 0.147. The second kappa shape index (κ2) is 10.0. The van der Waals surface area contributed by atoms with Crippen LogP contribution in [0.25, 0.3) is 39.2 Å². The molecule has 178 valence electrons. The lowest BCUT2D eigenvalue weighted by molar-refractivity contribution is 0.415. The van der Waals surface area contributed by atoms with Crippen LogP contribution in [0.3, 0.4) is 0 Å². The van der Waals surface area contributed by atoms with Crippen molar-refractivity contribution < 1.29 is 4.74 Å². The molecule has 0 saturated carbocycles. The summed E-state index contributed by atoms with van der Waals surface area (Å²) in [6.07, 6.45) is 1.89. The highest BCUT2D eigenvalue weighted by atomic mass is 79.9. The first-order valence-corrected chi connectivity index (χ1v) is 12.2. The van der Waals surface area contributed by atoms with Crippen molar-refractivity contribution >= 4 is 21.6 Å². The molecule has 6 nitrogen and oxygen atoms in total. The molecular weight excluding hydrogens is 526 g/mol. The van der Waals surface area contributed by atoms with Crippen LogP contribution in [0.4, 0.5) is 5.69 Å². The van der Waals surface area contributed by atoms with E-state index in [4.69, 9.17) is 15.6 Å². The van der Waals surface area contributed by atoms with Crippen LogP contribution < -0.4 is 10.5 Å². The molecule has 5 rings (SSSR count). The number of aromatic nitrogens is 2. The van der Waals surface area contributed by atoms with Gasteiger partial charge in [-0.3, -0.25) is 0 Å². The zero-order valence-electron chi connectivity index (χ0n) is 19.8. The molecule has 1 aromatic heterocycles. The van der Waals surface area contributed by atoms with Crippen molar-refractivity contribution in [3.05, 3.63) is 107 Å². The normalized spacial score (nSPS) is 10.5. The summed E-state index contributed by atoms with van der Waals surface area (Å²) in [5.74, 6) is 0.727. The second-order valence-electron chi connectivity index (χ2n) is 8.27. The predicted molar refractivity (Wildman–Crippen MR) is 148 cm³/mol. The molecule has 0 aliphatic carbocycles. The van der Waals surface area contributed by atoms with Gasteiger partial charge in [-0.1, -0.05) is 46.3 Å². The molecule has 5 aromatic rings. The average Bonchev–Trinajstić information content (AvgIpc) is 3.39. The van der Waals surface area contributed by atoms with Crippen molar-refractivity contribution in [2.24, 2.45) is 0 Å². The standard InChI is InChI=1S/C30H20BrN5O/c1-37-23-13-9-20(10-14-23)30-28(18-36(35-30)22-5-3-2-4-6-22)25-15-24(19-7-11-21(31)12-8-19)26(16-32)29(34)27(25)17-33/h2-15,18H,34H2,1H3. The molecule has 0 atom stereocenters. The number of nitrogen functional groups attached to an aromatic ring is 1. The van der Waals surface area contributed by atoms with Gasteiger partial charge < -0.3 is 10.5 Å². The highest BCUT2D eigenvalue weighted by Crippen LogP contribution is 2.41. The summed E-state index contributed by atoms with van der Waals surface area (Å²) < 4.78 is 8.03. The van der Waals surface area contributed by atoms with Crippen molar-refractivity contribution in [3.8, 4) is 57.1 Å². The third kappa shape index (κ3) is 4.45. The van der Waals surface area contributed by atoms with E-state index in [1.807, 2.05) is 91.1 Å². The van der Waals surface area contributed by atoms with E-state index in [0.717, 1.165) is 32.6 Å². The van der Waals surface area contributed by atoms with Crippen LogP contribution in [-0.2, 0) is 0 Å². The number of hydrogen-bond donors (Lipinski definition) is 1. The molecule has 1 heterocycles. The van der Waals surface area contributed by atoms with Gasteiger partial charge in [-0.25, -0.2) is 4.68 Å². The van der Waals surface area contributed by atoms with Gasteiger partial charge in [-0.05, 0) is 60.2 Å². The van der Waals surface area contributed by atoms with E-state index in [1.165, 1.54) is 0 Å². The van der Waals surface area contributed by atoms with E-state index < -0.39 is 0 Å². The Morgan fingerprint density at radius 1 is 0.811 bits per heavy atom. The summed E-state index contributed by atoms with van der Waals surface area (Å²) in [5.41, 5.74) is 12.3. The van der Waals surface area contributed by atoms with Gasteiger partial charge in [0.1, 0.15) is 23.6 Å². The summed E-state index contributed by atoms with van der Waals surface area (Å²) in [4.78, 5) is 0. The molecule has 4 aromatic carbocycles. The van der Waals surface area contributed by atoms with Crippen LogP contribution in [0, 0.1) is 22.7 Å². The number of benzene rings is 4. The van der Waals surface area contributed by atoms with Crippen LogP contribution in [0.1, 0.15) is 11.1 Å². The molecule has 0 radical (unpaired) electrons. The zero-order valence-corrected chi connectivity index (χ0v) is 21.4. The van der Waals surface area contributed by atoms with Gasteiger partial charge >= 0.3 is 0 Å². The zero-order chi connectivity index (χ0) is 25.9. The average molecular weight is 546 g/mol. The maximum atomic E-state index is 10.1. The van der Waals surface area contributed by atoms with Gasteiger partial charge in [0.15, 0.2) is 0 Å². The molecule has 0 aliphatic rings. The van der Waals surface area contributed by atoms with Crippen molar-refractivity contribution in [2.45, 2.75) is 0 Å². The Morgan fingerprint density at radius 3 is 2.05 bits per heavy atom. The lowest BCUT2D eigenvalue weighted by Gasteiger charge is -2.14. The molecule has 0 amide bonds. The van der Waals surface area contributed by atoms with Gasteiger partial charge in [0.05, 0.1) is 29.6 Å². The summed E-state index contributed by atoms with van der Waals surface area (Å²) in [6, 6.07) is 31.2. The molecule has 7 heteroatoms. The Labute approximate surface area is 222 Å². The molecule has 0 spiro atoms. The maximum absolute atomic E-state index is 10.1. The van der Waals surface area contributed by atoms with Crippen molar-refractivity contribution in [1.29, 1.82) is 10.5 Å². The molecule has 0 saturated heterocycles. The smallest absolute Gasteiger partial charge is 0.118 e. The van der Waals surface area contributed by atoms with Crippen LogP contribution in [0.5, 0.6) is 5.75 Å². The van der Waals surface area contributed by atoms with Crippen LogP contribution in [0.15, 0.2) is 95.6 Å². The summed E-state index contributed by atoms with van der Waals surface area (Å²) in [7, 11) is 1.62. The van der Waals surface area contributed by atoms with Crippen molar-refractivity contribution in [2.75, 3.05) is 12.8 Å². The number of methoxy groups -OCH3 is 1. The van der Waals surface area contributed by atoms with E-state index in [0.29, 0.717) is 16.8 Å². The Kier molecular flexibility index (Phi) is 6.47. The first kappa shape index (κ1) is 23.9. The molecule has 0 unspecified atom stereocenters. The van der Waals surface area contributed by atoms with Crippen molar-refractivity contribution in [1.82, 2.24) is 9.78 Å². The van der Waals surface area contributed by atoms with Gasteiger partial charge in [0, 0.05) is 32.9 Å². The summed E-state index contributed by atoms with van der Waals surface area (Å²) in [6.45, 7) is 0. The minimum absolute atomic E-state index is 0.147. The Balaban J connectivity index is 1.81. The lowest BCUT2D eigenvalue weighted by atomic mass is 9.89. The highest BCUT2D eigenvalue weighted by Gasteiger charge is 2.23. The minimum Gasteiger partial charge on any atom is -0.497 e. The molecule has 2 N–H and O–H groups in total. The number of nitrogens with zero attached hydrogens (tertiary/aromatic N) is 4. The fourth-order valence-electron chi connectivity index (χ4n) is 4.26. The number of nitrogens with two attached hydrogens (primary N) is 1. The monoisotopic (exact) mass is 545 g/mol. The van der Waals surface area contributed by atoms with Crippen molar-refractivity contribution in [3.63, 3.8) is 0 Å². The van der Waals surface area contributed by atoms with E-state index in [2.05, 4.69) is 28.1 Å². The van der Waals surface area contributed by atoms with E-state index in [9.17, 15) is 10.5 Å². The maximum Gasteiger partial charge on any atom is 0.118 e. The van der Waals surface area contributed by atoms with E-state index in [-0.39, 0.29) is 16.8 Å². The summed E-state index contributed by atoms with van der Waals surface area (Å²) >= 11 is 3.46. The predicted octanol–water partition coefficient (Wildman–Crippen LogP) is 6.97. The molecular formula is C30H20BrN5O. The largest absolute Gasteiger partial charge is 0.497 e. The van der Waals surface area contributed by atoms with Gasteiger partial charge in [-0.2, -0.15) is 15.6 Å². The Hall–Kier alpha value is -4.85. The first-order chi connectivity index (χ1) is 18.0.